The lowest BCUT2D eigenvalue weighted by atomic mass is 10.1. The van der Waals surface area contributed by atoms with Gasteiger partial charge in [0, 0.05) is 18.3 Å². The molecule has 0 radical (unpaired) electrons. The van der Waals surface area contributed by atoms with E-state index in [4.69, 9.17) is 9.47 Å². The van der Waals surface area contributed by atoms with E-state index in [1.54, 1.807) is 30.2 Å². The van der Waals surface area contributed by atoms with Crippen LogP contribution >= 0.6 is 11.3 Å². The minimum Gasteiger partial charge on any atom is -0.497 e. The van der Waals surface area contributed by atoms with Crippen molar-refractivity contribution in [3.8, 4) is 11.5 Å². The molecule has 1 fully saturated rings. The predicted molar refractivity (Wildman–Crippen MR) is 117 cm³/mol. The zero-order valence-electron chi connectivity index (χ0n) is 17.5. The van der Waals surface area contributed by atoms with Crippen LogP contribution in [0.1, 0.15) is 44.1 Å². The van der Waals surface area contributed by atoms with Crippen molar-refractivity contribution < 1.29 is 23.5 Å². The third-order valence-electron chi connectivity index (χ3n) is 5.17. The molecule has 166 valence electrons. The lowest BCUT2D eigenvalue weighted by Gasteiger charge is -2.23. The van der Waals surface area contributed by atoms with Crippen LogP contribution in [-0.2, 0) is 0 Å². The van der Waals surface area contributed by atoms with Crippen molar-refractivity contribution in [3.63, 3.8) is 0 Å². The molecule has 3 aromatic rings. The van der Waals surface area contributed by atoms with Gasteiger partial charge in [0.25, 0.3) is 11.8 Å². The zero-order chi connectivity index (χ0) is 22.7. The Hall–Kier alpha value is -3.53. The Morgan fingerprint density at radius 2 is 1.91 bits per heavy atom. The third kappa shape index (κ3) is 4.40. The maximum Gasteiger partial charge on any atom is 0.286 e. The molecule has 0 unspecified atom stereocenters. The molecule has 1 aliphatic heterocycles. The number of likely N-dealkylation sites (tertiary alicyclic amines) is 1. The van der Waals surface area contributed by atoms with Crippen LogP contribution in [0.5, 0.6) is 11.5 Å². The van der Waals surface area contributed by atoms with Crippen LogP contribution in [0.15, 0.2) is 42.5 Å². The number of anilines is 1. The normalized spacial score (nSPS) is 15.5. The highest BCUT2D eigenvalue weighted by molar-refractivity contribution is 7.13. The summed E-state index contributed by atoms with van der Waals surface area (Å²) < 4.78 is 23.6. The van der Waals surface area contributed by atoms with Crippen LogP contribution in [0.4, 0.5) is 10.1 Å². The number of nitrogens with zero attached hydrogens (tertiary/aromatic N) is 3. The third-order valence-corrected chi connectivity index (χ3v) is 6.20. The van der Waals surface area contributed by atoms with Gasteiger partial charge in [0.1, 0.15) is 22.3 Å². The van der Waals surface area contributed by atoms with Crippen LogP contribution in [0.2, 0.25) is 0 Å². The topological polar surface area (TPSA) is 93.7 Å². The van der Waals surface area contributed by atoms with Gasteiger partial charge in [-0.3, -0.25) is 9.59 Å². The SMILES string of the molecule is COc1ccc(C(=O)N2CCC[C@H]2c2nnc(C(=O)Nc3ccc(F)cc3)s2)c(OC)c1. The Labute approximate surface area is 188 Å². The number of hydrogen-bond donors (Lipinski definition) is 1. The van der Waals surface area contributed by atoms with E-state index in [2.05, 4.69) is 15.5 Å². The van der Waals surface area contributed by atoms with Gasteiger partial charge in [-0.05, 0) is 49.2 Å². The number of ether oxygens (including phenoxy) is 2. The molecule has 1 saturated heterocycles. The molecule has 0 aliphatic carbocycles. The summed E-state index contributed by atoms with van der Waals surface area (Å²) in [6.07, 6.45) is 1.53. The van der Waals surface area contributed by atoms with Gasteiger partial charge >= 0.3 is 0 Å². The van der Waals surface area contributed by atoms with Crippen LogP contribution in [0.3, 0.4) is 0 Å². The fraction of sp³-hybridized carbons (Fsp3) is 0.273. The van der Waals surface area contributed by atoms with Gasteiger partial charge in [0.15, 0.2) is 0 Å². The predicted octanol–water partition coefficient (Wildman–Crippen LogP) is 3.92. The number of carbonyl (C=O) groups excluding carboxylic acids is 2. The van der Waals surface area contributed by atoms with Gasteiger partial charge in [-0.25, -0.2) is 4.39 Å². The number of rotatable bonds is 6. The maximum atomic E-state index is 13.3. The van der Waals surface area contributed by atoms with E-state index in [1.165, 1.54) is 31.4 Å². The molecular weight excluding hydrogens is 435 g/mol. The molecule has 1 N–H and O–H groups in total. The fourth-order valence-electron chi connectivity index (χ4n) is 3.58. The molecule has 2 amide bonds. The summed E-state index contributed by atoms with van der Waals surface area (Å²) in [7, 11) is 3.05. The van der Waals surface area contributed by atoms with Crippen LogP contribution < -0.4 is 14.8 Å². The summed E-state index contributed by atoms with van der Waals surface area (Å²) in [4.78, 5) is 27.5. The highest BCUT2D eigenvalue weighted by atomic mass is 32.1. The van der Waals surface area contributed by atoms with E-state index in [-0.39, 0.29) is 22.8 Å². The Bertz CT molecular complexity index is 1140. The lowest BCUT2D eigenvalue weighted by Crippen LogP contribution is -2.30. The second-order valence-electron chi connectivity index (χ2n) is 7.13. The van der Waals surface area contributed by atoms with Gasteiger partial charge in [-0.15, -0.1) is 10.2 Å². The van der Waals surface area contributed by atoms with Gasteiger partial charge in [0.2, 0.25) is 5.01 Å². The Morgan fingerprint density at radius 1 is 1.12 bits per heavy atom. The van der Waals surface area contributed by atoms with Gasteiger partial charge in [-0.1, -0.05) is 11.3 Å². The number of benzene rings is 2. The largest absolute Gasteiger partial charge is 0.497 e. The first-order valence-corrected chi connectivity index (χ1v) is 10.7. The Balaban J connectivity index is 1.51. The Kier molecular flexibility index (Phi) is 6.31. The minimum atomic E-state index is -0.437. The standard InChI is InChI=1S/C22H21FN4O4S/c1-30-15-9-10-16(18(12-15)31-2)22(29)27-11-3-4-17(27)20-25-26-21(32-20)19(28)24-14-7-5-13(23)6-8-14/h5-10,12,17H,3-4,11H2,1-2H3,(H,24,28)/t17-/m0/s1. The minimum absolute atomic E-state index is 0.172. The number of nitrogens with one attached hydrogen (secondary N) is 1. The molecule has 2 heterocycles. The van der Waals surface area contributed by atoms with E-state index in [9.17, 15) is 14.0 Å². The van der Waals surface area contributed by atoms with Gasteiger partial charge in [-0.2, -0.15) is 0 Å². The average Bonchev–Trinajstić information content (AvgIpc) is 3.49. The molecule has 1 atom stereocenters. The molecule has 0 spiro atoms. The summed E-state index contributed by atoms with van der Waals surface area (Å²) >= 11 is 1.14. The summed E-state index contributed by atoms with van der Waals surface area (Å²) in [5, 5.41) is 11.6. The van der Waals surface area contributed by atoms with Crippen molar-refractivity contribution in [2.24, 2.45) is 0 Å². The molecule has 4 rings (SSSR count). The number of amides is 2. The molecule has 2 aromatic carbocycles. The maximum absolute atomic E-state index is 13.3. The molecule has 0 saturated carbocycles. The first-order chi connectivity index (χ1) is 15.5. The van der Waals surface area contributed by atoms with Gasteiger partial charge in [0.05, 0.1) is 25.8 Å². The van der Waals surface area contributed by atoms with E-state index >= 15 is 0 Å². The van der Waals surface area contributed by atoms with Crippen molar-refractivity contribution >= 4 is 28.8 Å². The number of carbonyl (C=O) groups is 2. The number of halogens is 1. The van der Waals surface area contributed by atoms with Crippen molar-refractivity contribution in [3.05, 3.63) is 63.9 Å². The summed E-state index contributed by atoms with van der Waals surface area (Å²) in [6.45, 7) is 0.565. The monoisotopic (exact) mass is 456 g/mol. The molecule has 1 aromatic heterocycles. The second kappa shape index (κ2) is 9.31. The van der Waals surface area contributed by atoms with Crippen LogP contribution in [-0.4, -0.2) is 47.7 Å². The van der Waals surface area contributed by atoms with E-state index in [0.717, 1.165) is 24.2 Å². The molecule has 32 heavy (non-hydrogen) atoms. The van der Waals surface area contributed by atoms with Crippen molar-refractivity contribution in [2.45, 2.75) is 18.9 Å². The second-order valence-corrected chi connectivity index (χ2v) is 8.14. The highest BCUT2D eigenvalue weighted by Crippen LogP contribution is 2.36. The summed E-state index contributed by atoms with van der Waals surface area (Å²) in [5.74, 6) is 0.0159. The smallest absolute Gasteiger partial charge is 0.286 e. The van der Waals surface area contributed by atoms with Crippen molar-refractivity contribution in [1.29, 1.82) is 0 Å². The van der Waals surface area contributed by atoms with Crippen LogP contribution in [0.25, 0.3) is 0 Å². The molecular formula is C22H21FN4O4S. The fourth-order valence-corrected chi connectivity index (χ4v) is 4.46. The van der Waals surface area contributed by atoms with E-state index in [0.29, 0.717) is 34.3 Å². The molecule has 0 bridgehead atoms. The van der Waals surface area contributed by atoms with Crippen LogP contribution in [0, 0.1) is 5.82 Å². The van der Waals surface area contributed by atoms with Crippen molar-refractivity contribution in [1.82, 2.24) is 15.1 Å². The van der Waals surface area contributed by atoms with Crippen molar-refractivity contribution in [2.75, 3.05) is 26.1 Å². The molecule has 10 heteroatoms. The first-order valence-electron chi connectivity index (χ1n) is 9.93. The van der Waals surface area contributed by atoms with E-state index < -0.39 is 5.91 Å². The number of methoxy groups -OCH3 is 2. The first kappa shape index (κ1) is 21.7. The zero-order valence-corrected chi connectivity index (χ0v) is 18.3. The average molecular weight is 456 g/mol. The summed E-state index contributed by atoms with van der Waals surface area (Å²) in [6, 6.07) is 10.2. The number of aromatic nitrogens is 2. The highest BCUT2D eigenvalue weighted by Gasteiger charge is 2.34. The quantitative estimate of drug-likeness (QED) is 0.604. The van der Waals surface area contributed by atoms with Gasteiger partial charge < -0.3 is 19.7 Å². The lowest BCUT2D eigenvalue weighted by molar-refractivity contribution is 0.0731. The molecule has 1 aliphatic rings. The number of hydrogen-bond acceptors (Lipinski definition) is 7. The van der Waals surface area contributed by atoms with E-state index in [1.807, 2.05) is 0 Å². The summed E-state index contributed by atoms with van der Waals surface area (Å²) in [5.41, 5.74) is 0.886. The Morgan fingerprint density at radius 3 is 2.62 bits per heavy atom. The molecule has 8 nitrogen and oxygen atoms in total.